The number of aromatic hydroxyl groups is 1. The average molecular weight is 556 g/mol. The normalized spacial score (nSPS) is 13.0. The molecular formula is C30H41N3O7. The van der Waals surface area contributed by atoms with E-state index in [1.54, 1.807) is 65.8 Å². The van der Waals surface area contributed by atoms with E-state index in [0.29, 0.717) is 11.1 Å². The van der Waals surface area contributed by atoms with E-state index in [9.17, 15) is 24.3 Å². The Hall–Kier alpha value is -4.08. The molecule has 218 valence electrons. The summed E-state index contributed by atoms with van der Waals surface area (Å²) in [5.41, 5.74) is 0.443. The van der Waals surface area contributed by atoms with Gasteiger partial charge < -0.3 is 30.1 Å². The van der Waals surface area contributed by atoms with Crippen molar-refractivity contribution < 1.29 is 33.8 Å². The molecule has 0 saturated heterocycles. The molecule has 40 heavy (non-hydrogen) atoms. The van der Waals surface area contributed by atoms with Crippen molar-refractivity contribution in [1.29, 1.82) is 0 Å². The zero-order chi connectivity index (χ0) is 30.3. The second-order valence-electron chi connectivity index (χ2n) is 11.6. The summed E-state index contributed by atoms with van der Waals surface area (Å²) in [6.07, 6.45) is -0.726. The summed E-state index contributed by atoms with van der Waals surface area (Å²) in [5, 5.41) is 15.0. The Morgan fingerprint density at radius 2 is 1.50 bits per heavy atom. The molecule has 0 aliphatic carbocycles. The van der Waals surface area contributed by atoms with Crippen LogP contribution in [-0.2, 0) is 30.3 Å². The van der Waals surface area contributed by atoms with Crippen LogP contribution in [-0.4, -0.2) is 64.7 Å². The van der Waals surface area contributed by atoms with E-state index in [4.69, 9.17) is 4.74 Å². The van der Waals surface area contributed by atoms with Gasteiger partial charge >= 0.3 is 12.1 Å². The number of ether oxygens (including phenoxy) is 2. The lowest BCUT2D eigenvalue weighted by Crippen LogP contribution is -2.59. The van der Waals surface area contributed by atoms with E-state index < -0.39 is 47.1 Å². The van der Waals surface area contributed by atoms with Gasteiger partial charge in [-0.15, -0.1) is 0 Å². The molecule has 10 heteroatoms. The number of benzene rings is 2. The first-order valence-corrected chi connectivity index (χ1v) is 13.0. The molecule has 2 rings (SSSR count). The molecule has 0 saturated carbocycles. The summed E-state index contributed by atoms with van der Waals surface area (Å²) in [4.78, 5) is 54.0. The molecule has 0 aromatic heterocycles. The smallest absolute Gasteiger partial charge is 0.408 e. The minimum atomic E-state index is -1.14. The Bertz CT molecular complexity index is 1180. The van der Waals surface area contributed by atoms with E-state index in [2.05, 4.69) is 15.4 Å². The van der Waals surface area contributed by atoms with E-state index in [-0.39, 0.29) is 18.7 Å². The highest BCUT2D eigenvalue weighted by atomic mass is 16.6. The highest BCUT2D eigenvalue weighted by molar-refractivity contribution is 5.93. The first-order chi connectivity index (χ1) is 18.5. The molecule has 0 aliphatic rings. The van der Waals surface area contributed by atoms with E-state index >= 15 is 0 Å². The predicted octanol–water partition coefficient (Wildman–Crippen LogP) is 3.79. The highest BCUT2D eigenvalue weighted by Gasteiger charge is 2.42. The van der Waals surface area contributed by atoms with Crippen molar-refractivity contribution in [2.75, 3.05) is 13.7 Å². The summed E-state index contributed by atoms with van der Waals surface area (Å²) in [6, 6.07) is 11.2. The summed E-state index contributed by atoms with van der Waals surface area (Å²) in [6.45, 7) is 12.0. The van der Waals surface area contributed by atoms with Crippen molar-refractivity contribution in [3.8, 4) is 5.75 Å². The second kappa shape index (κ2) is 13.3. The monoisotopic (exact) mass is 555 g/mol. The highest BCUT2D eigenvalue weighted by Crippen LogP contribution is 2.31. The quantitative estimate of drug-likeness (QED) is 0.401. The van der Waals surface area contributed by atoms with Crippen molar-refractivity contribution in [3.63, 3.8) is 0 Å². The Morgan fingerprint density at radius 3 is 2.00 bits per heavy atom. The second-order valence-corrected chi connectivity index (χ2v) is 11.6. The molecule has 0 fully saturated rings. The van der Waals surface area contributed by atoms with Crippen LogP contribution in [0.2, 0.25) is 0 Å². The molecule has 10 nitrogen and oxygen atoms in total. The largest absolute Gasteiger partial charge is 0.508 e. The van der Waals surface area contributed by atoms with Crippen LogP contribution in [0.25, 0.3) is 0 Å². The maximum absolute atomic E-state index is 14.4. The van der Waals surface area contributed by atoms with Gasteiger partial charge in [-0.3, -0.25) is 14.4 Å². The van der Waals surface area contributed by atoms with Gasteiger partial charge in [0.05, 0.1) is 7.11 Å². The molecule has 3 amide bonds. The number of carbonyl (C=O) groups is 4. The molecule has 0 radical (unpaired) electrons. The third-order valence-electron chi connectivity index (χ3n) is 5.86. The summed E-state index contributed by atoms with van der Waals surface area (Å²) in [7, 11) is 1.22. The lowest BCUT2D eigenvalue weighted by Gasteiger charge is -2.43. The van der Waals surface area contributed by atoms with Crippen molar-refractivity contribution in [1.82, 2.24) is 15.5 Å². The van der Waals surface area contributed by atoms with Gasteiger partial charge in [-0.25, -0.2) is 4.79 Å². The Balaban J connectivity index is 2.59. The minimum absolute atomic E-state index is 0.0600. The summed E-state index contributed by atoms with van der Waals surface area (Å²) < 4.78 is 10.1. The van der Waals surface area contributed by atoms with Crippen LogP contribution in [0.1, 0.15) is 64.3 Å². The number of phenols is 1. The lowest BCUT2D eigenvalue weighted by molar-refractivity contribution is -0.149. The van der Waals surface area contributed by atoms with Crippen molar-refractivity contribution in [3.05, 3.63) is 65.2 Å². The number of nitrogens with zero attached hydrogens (tertiary/aromatic N) is 1. The average Bonchev–Trinajstić information content (AvgIpc) is 2.84. The van der Waals surface area contributed by atoms with Gasteiger partial charge in [-0.1, -0.05) is 42.0 Å². The predicted molar refractivity (Wildman–Crippen MR) is 151 cm³/mol. The lowest BCUT2D eigenvalue weighted by atomic mass is 9.93. The number of nitrogens with one attached hydrogen (secondary N) is 2. The van der Waals surface area contributed by atoms with Gasteiger partial charge in [-0.2, -0.15) is 0 Å². The van der Waals surface area contributed by atoms with E-state index in [1.807, 2.05) is 19.1 Å². The Morgan fingerprint density at radius 1 is 0.925 bits per heavy atom. The molecule has 0 bridgehead atoms. The molecular weight excluding hydrogens is 514 g/mol. The van der Waals surface area contributed by atoms with Gasteiger partial charge in [0.25, 0.3) is 0 Å². The van der Waals surface area contributed by atoms with Gasteiger partial charge in [-0.05, 0) is 71.7 Å². The van der Waals surface area contributed by atoms with Crippen LogP contribution in [0.15, 0.2) is 48.5 Å². The molecule has 0 spiro atoms. The fraction of sp³-hybridized carbons (Fsp3) is 0.467. The summed E-state index contributed by atoms with van der Waals surface area (Å²) >= 11 is 0. The molecule has 0 heterocycles. The number of phenolic OH excluding ortho intramolecular Hbond substituents is 1. The summed E-state index contributed by atoms with van der Waals surface area (Å²) in [5.74, 6) is -1.70. The molecule has 2 atom stereocenters. The fourth-order valence-corrected chi connectivity index (χ4v) is 4.03. The molecule has 2 aromatic carbocycles. The Kier molecular flexibility index (Phi) is 10.7. The molecule has 2 aromatic rings. The first-order valence-electron chi connectivity index (χ1n) is 13.0. The number of alkyl carbamates (subject to hydrolysis) is 1. The number of hydrogen-bond acceptors (Lipinski definition) is 7. The van der Waals surface area contributed by atoms with Crippen LogP contribution >= 0.6 is 0 Å². The maximum atomic E-state index is 14.4. The van der Waals surface area contributed by atoms with Crippen molar-refractivity contribution in [2.24, 2.45) is 0 Å². The number of rotatable bonds is 9. The van der Waals surface area contributed by atoms with Crippen LogP contribution in [0.3, 0.4) is 0 Å². The van der Waals surface area contributed by atoms with E-state index in [1.165, 1.54) is 24.1 Å². The third-order valence-corrected chi connectivity index (χ3v) is 5.86. The number of methoxy groups -OCH3 is 1. The number of esters is 1. The number of carbonyl (C=O) groups excluding carboxylic acids is 4. The zero-order valence-corrected chi connectivity index (χ0v) is 24.5. The fourth-order valence-electron chi connectivity index (χ4n) is 4.03. The van der Waals surface area contributed by atoms with Gasteiger partial charge in [0.15, 0.2) is 0 Å². The van der Waals surface area contributed by atoms with Crippen molar-refractivity contribution >= 4 is 23.9 Å². The maximum Gasteiger partial charge on any atom is 0.408 e. The van der Waals surface area contributed by atoms with Crippen molar-refractivity contribution in [2.45, 2.75) is 78.1 Å². The number of hydrogen-bond donors (Lipinski definition) is 3. The third kappa shape index (κ3) is 9.59. The van der Waals surface area contributed by atoms with Crippen LogP contribution in [0.4, 0.5) is 4.79 Å². The molecule has 2 unspecified atom stereocenters. The molecule has 0 aliphatic heterocycles. The Labute approximate surface area is 236 Å². The topological polar surface area (TPSA) is 134 Å². The van der Waals surface area contributed by atoms with Gasteiger partial charge in [0, 0.05) is 12.0 Å². The molecule has 3 N–H and O–H groups in total. The first kappa shape index (κ1) is 32.1. The van der Waals surface area contributed by atoms with Gasteiger partial charge in [0.2, 0.25) is 11.8 Å². The van der Waals surface area contributed by atoms with Gasteiger partial charge in [0.1, 0.15) is 30.0 Å². The van der Waals surface area contributed by atoms with Crippen LogP contribution in [0.5, 0.6) is 5.75 Å². The van der Waals surface area contributed by atoms with Crippen LogP contribution in [0, 0.1) is 6.92 Å². The minimum Gasteiger partial charge on any atom is -0.508 e. The van der Waals surface area contributed by atoms with Crippen LogP contribution < -0.4 is 10.6 Å². The standard InChI is InChI=1S/C30H41N3O7/c1-19-9-13-21(14-10-19)25(26(36)31-18-24(35)39-8)33(29(2,3)4)27(37)23(32-28(38)40-30(5,6)7)17-20-11-15-22(34)16-12-20/h9-16,23,25,34H,17-18H2,1-8H3,(H,31,36)(H,32,38). The number of amides is 3. The van der Waals surface area contributed by atoms with E-state index in [0.717, 1.165) is 5.56 Å². The SMILES string of the molecule is COC(=O)CNC(=O)C(c1ccc(C)cc1)N(C(=O)C(Cc1ccc(O)cc1)NC(=O)OC(C)(C)C)C(C)(C)C. The number of aryl methyl sites for hydroxylation is 1. The zero-order valence-electron chi connectivity index (χ0n) is 24.5.